The van der Waals surface area contributed by atoms with Gasteiger partial charge < -0.3 is 0 Å². The van der Waals surface area contributed by atoms with E-state index in [1.165, 1.54) is 127 Å². The molecule has 1 aromatic heterocycles. The van der Waals surface area contributed by atoms with E-state index >= 15 is 0 Å². The van der Waals surface area contributed by atoms with Crippen molar-refractivity contribution in [2.24, 2.45) is 17.8 Å². The Labute approximate surface area is 187 Å². The molecule has 3 rings (SSSR count). The van der Waals surface area contributed by atoms with E-state index in [4.69, 9.17) is 4.98 Å². The van der Waals surface area contributed by atoms with Crippen molar-refractivity contribution in [3.05, 3.63) is 29.6 Å². The number of rotatable bonds is 12. The molecule has 2 saturated carbocycles. The molecule has 0 aromatic carbocycles. The number of aromatic nitrogens is 1. The average molecular weight is 412 g/mol. The van der Waals surface area contributed by atoms with E-state index in [9.17, 15) is 0 Å². The normalized spacial score (nSPS) is 27.3. The molecule has 0 saturated heterocycles. The minimum atomic E-state index is 0.727. The van der Waals surface area contributed by atoms with E-state index in [0.717, 1.165) is 23.7 Å². The molecule has 1 heteroatoms. The SMILES string of the molecule is CCCCCCC[C@H]1CC[C@H](C2CCC(c3ccc(CCCCC)cn3)CC2)CC1. The smallest absolute Gasteiger partial charge is 0.0434 e. The summed E-state index contributed by atoms with van der Waals surface area (Å²) in [5.41, 5.74) is 2.81. The van der Waals surface area contributed by atoms with E-state index in [0.29, 0.717) is 0 Å². The fourth-order valence-corrected chi connectivity index (χ4v) is 6.28. The third-order valence-electron chi connectivity index (χ3n) is 8.38. The molecule has 1 heterocycles. The lowest BCUT2D eigenvalue weighted by Crippen LogP contribution is -2.25. The van der Waals surface area contributed by atoms with E-state index in [1.807, 2.05) is 0 Å². The van der Waals surface area contributed by atoms with Crippen LogP contribution in [0.4, 0.5) is 0 Å². The van der Waals surface area contributed by atoms with Crippen LogP contribution in [0.5, 0.6) is 0 Å². The Morgan fingerprint density at radius 3 is 1.97 bits per heavy atom. The van der Waals surface area contributed by atoms with Crippen molar-refractivity contribution in [2.75, 3.05) is 0 Å². The van der Waals surface area contributed by atoms with Crippen molar-refractivity contribution < 1.29 is 0 Å². The number of hydrogen-bond acceptors (Lipinski definition) is 1. The molecule has 0 bridgehead atoms. The second-order valence-electron chi connectivity index (χ2n) is 10.6. The summed E-state index contributed by atoms with van der Waals surface area (Å²) < 4.78 is 0. The first-order chi connectivity index (χ1) is 14.8. The molecule has 0 N–H and O–H groups in total. The zero-order valence-corrected chi connectivity index (χ0v) is 20.2. The number of pyridine rings is 1. The summed E-state index contributed by atoms with van der Waals surface area (Å²) in [5.74, 6) is 3.83. The zero-order chi connectivity index (χ0) is 21.0. The molecule has 2 aliphatic carbocycles. The van der Waals surface area contributed by atoms with E-state index < -0.39 is 0 Å². The van der Waals surface area contributed by atoms with Gasteiger partial charge in [0.2, 0.25) is 0 Å². The minimum absolute atomic E-state index is 0.727. The topological polar surface area (TPSA) is 12.9 Å². The minimum Gasteiger partial charge on any atom is -0.261 e. The van der Waals surface area contributed by atoms with Crippen molar-refractivity contribution in [3.8, 4) is 0 Å². The first-order valence-electron chi connectivity index (χ1n) is 13.7. The van der Waals surface area contributed by atoms with Crippen LogP contribution in [0.15, 0.2) is 18.3 Å². The number of nitrogens with zero attached hydrogens (tertiary/aromatic N) is 1. The molecule has 0 unspecified atom stereocenters. The van der Waals surface area contributed by atoms with Gasteiger partial charge >= 0.3 is 0 Å². The maximum absolute atomic E-state index is 4.88. The van der Waals surface area contributed by atoms with Crippen LogP contribution < -0.4 is 0 Å². The van der Waals surface area contributed by atoms with E-state index in [2.05, 4.69) is 32.2 Å². The predicted octanol–water partition coefficient (Wildman–Crippen LogP) is 9.26. The quantitative estimate of drug-likeness (QED) is 0.312. The molecule has 0 spiro atoms. The van der Waals surface area contributed by atoms with Crippen LogP contribution in [0.1, 0.15) is 140 Å². The van der Waals surface area contributed by atoms with Crippen molar-refractivity contribution in [1.29, 1.82) is 0 Å². The molecule has 0 atom stereocenters. The predicted molar refractivity (Wildman–Crippen MR) is 131 cm³/mol. The van der Waals surface area contributed by atoms with Gasteiger partial charge in [-0.25, -0.2) is 0 Å². The first kappa shape index (κ1) is 23.8. The summed E-state index contributed by atoms with van der Waals surface area (Å²) in [6.45, 7) is 4.59. The Bertz CT molecular complexity index is 546. The Hall–Kier alpha value is -0.850. The molecular weight excluding hydrogens is 362 g/mol. The summed E-state index contributed by atoms with van der Waals surface area (Å²) in [7, 11) is 0. The van der Waals surface area contributed by atoms with Gasteiger partial charge in [-0.2, -0.15) is 0 Å². The van der Waals surface area contributed by atoms with Gasteiger partial charge in [0.1, 0.15) is 0 Å². The summed E-state index contributed by atoms with van der Waals surface area (Å²) in [5, 5.41) is 0. The molecule has 2 aliphatic rings. The van der Waals surface area contributed by atoms with Crippen LogP contribution in [0.25, 0.3) is 0 Å². The van der Waals surface area contributed by atoms with E-state index in [1.54, 1.807) is 0 Å². The summed E-state index contributed by atoms with van der Waals surface area (Å²) >= 11 is 0. The van der Waals surface area contributed by atoms with Gasteiger partial charge in [0.05, 0.1) is 0 Å². The van der Waals surface area contributed by atoms with Crippen LogP contribution in [-0.2, 0) is 6.42 Å². The number of aryl methyl sites for hydroxylation is 1. The van der Waals surface area contributed by atoms with Gasteiger partial charge in [0.25, 0.3) is 0 Å². The first-order valence-corrected chi connectivity index (χ1v) is 13.7. The van der Waals surface area contributed by atoms with Crippen molar-refractivity contribution in [3.63, 3.8) is 0 Å². The maximum Gasteiger partial charge on any atom is 0.0434 e. The Morgan fingerprint density at radius 1 is 0.700 bits per heavy atom. The Balaban J connectivity index is 1.33. The van der Waals surface area contributed by atoms with Gasteiger partial charge in [-0.1, -0.05) is 84.1 Å². The van der Waals surface area contributed by atoms with Crippen molar-refractivity contribution in [2.45, 2.75) is 135 Å². The van der Waals surface area contributed by atoms with Crippen molar-refractivity contribution >= 4 is 0 Å². The summed E-state index contributed by atoms with van der Waals surface area (Å²) in [6.07, 6.45) is 27.9. The van der Waals surface area contributed by atoms with Gasteiger partial charge in [-0.3, -0.25) is 4.98 Å². The summed E-state index contributed by atoms with van der Waals surface area (Å²) in [6, 6.07) is 4.70. The summed E-state index contributed by atoms with van der Waals surface area (Å²) in [4.78, 5) is 4.88. The van der Waals surface area contributed by atoms with Gasteiger partial charge in [0, 0.05) is 17.8 Å². The van der Waals surface area contributed by atoms with Crippen LogP contribution in [0.3, 0.4) is 0 Å². The molecule has 0 aliphatic heterocycles. The van der Waals surface area contributed by atoms with Crippen LogP contribution in [-0.4, -0.2) is 4.98 Å². The molecule has 1 nitrogen and oxygen atoms in total. The Kier molecular flexibility index (Phi) is 10.7. The van der Waals surface area contributed by atoms with Gasteiger partial charge in [0.15, 0.2) is 0 Å². The lowest BCUT2D eigenvalue weighted by atomic mass is 9.68. The van der Waals surface area contributed by atoms with Gasteiger partial charge in [-0.15, -0.1) is 0 Å². The van der Waals surface area contributed by atoms with Crippen LogP contribution in [0.2, 0.25) is 0 Å². The molecule has 0 amide bonds. The molecular formula is C29H49N. The molecule has 30 heavy (non-hydrogen) atoms. The Morgan fingerprint density at radius 2 is 1.33 bits per heavy atom. The highest BCUT2D eigenvalue weighted by Gasteiger charge is 2.31. The number of hydrogen-bond donors (Lipinski definition) is 0. The zero-order valence-electron chi connectivity index (χ0n) is 20.2. The van der Waals surface area contributed by atoms with Gasteiger partial charge in [-0.05, 0) is 80.8 Å². The molecule has 170 valence electrons. The third-order valence-corrected chi connectivity index (χ3v) is 8.38. The fraction of sp³-hybridized carbons (Fsp3) is 0.828. The second-order valence-corrected chi connectivity index (χ2v) is 10.6. The van der Waals surface area contributed by atoms with Crippen LogP contribution >= 0.6 is 0 Å². The van der Waals surface area contributed by atoms with Crippen molar-refractivity contribution in [1.82, 2.24) is 4.98 Å². The second kappa shape index (κ2) is 13.5. The lowest BCUT2D eigenvalue weighted by Gasteiger charge is -2.38. The standard InChI is InChI=1S/C29H49N/c1-3-5-7-8-10-11-24-13-16-26(17-14-24)27-18-20-28(21-19-27)29-22-15-25(23-30-29)12-9-6-4-2/h15,22-24,26-28H,3-14,16-21H2,1-2H3/t24-,26-,27?,28?. The lowest BCUT2D eigenvalue weighted by molar-refractivity contribution is 0.155. The highest BCUT2D eigenvalue weighted by atomic mass is 14.7. The molecule has 1 aromatic rings. The average Bonchev–Trinajstić information content (AvgIpc) is 2.80. The molecule has 2 fully saturated rings. The van der Waals surface area contributed by atoms with E-state index in [-0.39, 0.29) is 0 Å². The fourth-order valence-electron chi connectivity index (χ4n) is 6.28. The third kappa shape index (κ3) is 7.69. The maximum atomic E-state index is 4.88. The highest BCUT2D eigenvalue weighted by Crippen LogP contribution is 2.44. The largest absolute Gasteiger partial charge is 0.261 e. The monoisotopic (exact) mass is 411 g/mol. The highest BCUT2D eigenvalue weighted by molar-refractivity contribution is 5.17. The van der Waals surface area contributed by atoms with Crippen LogP contribution in [0, 0.1) is 17.8 Å². The molecule has 0 radical (unpaired) electrons. The number of unbranched alkanes of at least 4 members (excludes halogenated alkanes) is 6.